The number of hydrogen-bond acceptors (Lipinski definition) is 2. The normalized spacial score (nSPS) is 19.2. The van der Waals surface area contributed by atoms with E-state index < -0.39 is 6.04 Å². The van der Waals surface area contributed by atoms with E-state index in [0.29, 0.717) is 6.54 Å². The maximum Gasteiger partial charge on any atom is 0.220 e. The second-order valence-corrected chi connectivity index (χ2v) is 3.69. The minimum Gasteiger partial charge on any atom is -0.323 e. The van der Waals surface area contributed by atoms with Crippen molar-refractivity contribution in [1.82, 2.24) is 4.90 Å². The van der Waals surface area contributed by atoms with Gasteiger partial charge >= 0.3 is 0 Å². The molecular formula is C12H12N2O. The maximum atomic E-state index is 11.4. The highest BCUT2D eigenvalue weighted by atomic mass is 16.2. The van der Waals surface area contributed by atoms with Crippen molar-refractivity contribution in [2.24, 2.45) is 0 Å². The molecule has 1 aromatic rings. The van der Waals surface area contributed by atoms with Crippen LogP contribution in [0.5, 0.6) is 0 Å². The van der Waals surface area contributed by atoms with E-state index in [2.05, 4.69) is 6.07 Å². The number of rotatable bonds is 0. The summed E-state index contributed by atoms with van der Waals surface area (Å²) in [5.41, 5.74) is 2.16. The van der Waals surface area contributed by atoms with Gasteiger partial charge in [-0.1, -0.05) is 24.3 Å². The van der Waals surface area contributed by atoms with Crippen molar-refractivity contribution in [3.05, 3.63) is 35.4 Å². The second-order valence-electron chi connectivity index (χ2n) is 3.69. The molecule has 0 bridgehead atoms. The number of amides is 1. The Bertz CT molecular complexity index is 433. The lowest BCUT2D eigenvalue weighted by atomic mass is 9.93. The van der Waals surface area contributed by atoms with Gasteiger partial charge in [-0.15, -0.1) is 0 Å². The Kier molecular flexibility index (Phi) is 2.42. The number of nitriles is 1. The molecule has 1 aromatic carbocycles. The first-order chi connectivity index (χ1) is 7.24. The van der Waals surface area contributed by atoms with Crippen LogP contribution in [0.4, 0.5) is 0 Å². The molecule has 0 saturated heterocycles. The number of fused-ring (bicyclic) bond motifs is 1. The first-order valence-corrected chi connectivity index (χ1v) is 4.98. The van der Waals surface area contributed by atoms with Crippen molar-refractivity contribution in [3.8, 4) is 6.07 Å². The van der Waals surface area contributed by atoms with Gasteiger partial charge in [0, 0.05) is 13.5 Å². The molecule has 3 nitrogen and oxygen atoms in total. The molecule has 0 radical (unpaired) electrons. The fourth-order valence-electron chi connectivity index (χ4n) is 2.05. The number of carbonyl (C=O) groups is 1. The van der Waals surface area contributed by atoms with Gasteiger partial charge in [-0.25, -0.2) is 0 Å². The van der Waals surface area contributed by atoms with Crippen LogP contribution in [0.3, 0.4) is 0 Å². The van der Waals surface area contributed by atoms with E-state index in [1.54, 1.807) is 4.90 Å². The van der Waals surface area contributed by atoms with E-state index in [1.807, 2.05) is 24.3 Å². The third kappa shape index (κ3) is 1.59. The first-order valence-electron chi connectivity index (χ1n) is 4.98. The van der Waals surface area contributed by atoms with Crippen LogP contribution in [-0.2, 0) is 11.2 Å². The molecule has 0 spiro atoms. The standard InChI is InChI=1S/C12H12N2O/c1-9(15)14-7-6-10-4-2-3-5-11(10)12(14)8-13/h2-5,12H,6-7H2,1H3/t12-/m0/s1. The van der Waals surface area contributed by atoms with E-state index in [-0.39, 0.29) is 5.91 Å². The molecule has 2 rings (SSSR count). The molecule has 0 aliphatic carbocycles. The van der Waals surface area contributed by atoms with Crippen molar-refractivity contribution in [1.29, 1.82) is 5.26 Å². The molecule has 0 fully saturated rings. The minimum absolute atomic E-state index is 0.0314. The Hall–Kier alpha value is -1.82. The number of nitrogens with zero attached hydrogens (tertiary/aromatic N) is 2. The van der Waals surface area contributed by atoms with Gasteiger partial charge in [-0.2, -0.15) is 5.26 Å². The molecule has 1 atom stereocenters. The summed E-state index contributed by atoms with van der Waals surface area (Å²) in [5, 5.41) is 9.11. The molecule has 15 heavy (non-hydrogen) atoms. The van der Waals surface area contributed by atoms with Crippen LogP contribution in [0.15, 0.2) is 24.3 Å². The van der Waals surface area contributed by atoms with E-state index in [9.17, 15) is 4.79 Å². The van der Waals surface area contributed by atoms with Gasteiger partial charge in [0.05, 0.1) is 6.07 Å². The van der Waals surface area contributed by atoms with Gasteiger partial charge < -0.3 is 4.90 Å². The highest BCUT2D eigenvalue weighted by Gasteiger charge is 2.28. The molecule has 0 unspecified atom stereocenters. The van der Waals surface area contributed by atoms with Crippen molar-refractivity contribution in [3.63, 3.8) is 0 Å². The third-order valence-electron chi connectivity index (χ3n) is 2.81. The summed E-state index contributed by atoms with van der Waals surface area (Å²) in [6.07, 6.45) is 0.841. The lowest BCUT2D eigenvalue weighted by Crippen LogP contribution is -2.38. The zero-order valence-electron chi connectivity index (χ0n) is 8.60. The van der Waals surface area contributed by atoms with Crippen molar-refractivity contribution < 1.29 is 4.79 Å². The molecule has 1 aliphatic rings. The Balaban J connectivity index is 2.44. The zero-order chi connectivity index (χ0) is 10.8. The summed E-state index contributed by atoms with van der Waals surface area (Å²) in [5.74, 6) is -0.0314. The SMILES string of the molecule is CC(=O)N1CCc2ccccc2[C@@H]1C#N. The summed E-state index contributed by atoms with van der Waals surface area (Å²) < 4.78 is 0. The molecule has 0 saturated carbocycles. The zero-order valence-corrected chi connectivity index (χ0v) is 8.60. The number of hydrogen-bond donors (Lipinski definition) is 0. The fraction of sp³-hybridized carbons (Fsp3) is 0.333. The van der Waals surface area contributed by atoms with E-state index in [4.69, 9.17) is 5.26 Å². The molecule has 0 N–H and O–H groups in total. The fourth-order valence-corrected chi connectivity index (χ4v) is 2.05. The van der Waals surface area contributed by atoms with Gasteiger partial charge in [0.15, 0.2) is 0 Å². The highest BCUT2D eigenvalue weighted by Crippen LogP contribution is 2.28. The third-order valence-corrected chi connectivity index (χ3v) is 2.81. The Morgan fingerprint density at radius 2 is 2.27 bits per heavy atom. The average molecular weight is 200 g/mol. The van der Waals surface area contributed by atoms with Crippen LogP contribution >= 0.6 is 0 Å². The van der Waals surface area contributed by atoms with Gasteiger partial charge in [-0.3, -0.25) is 4.79 Å². The summed E-state index contributed by atoms with van der Waals surface area (Å²) in [6, 6.07) is 9.62. The average Bonchev–Trinajstić information content (AvgIpc) is 2.27. The van der Waals surface area contributed by atoms with Crippen LogP contribution in [0.2, 0.25) is 0 Å². The first kappa shape index (κ1) is 9.72. The van der Waals surface area contributed by atoms with Crippen LogP contribution in [0.25, 0.3) is 0 Å². The van der Waals surface area contributed by atoms with Gasteiger partial charge in [0.2, 0.25) is 5.91 Å². The number of carbonyl (C=O) groups excluding carboxylic acids is 1. The van der Waals surface area contributed by atoms with E-state index in [1.165, 1.54) is 12.5 Å². The minimum atomic E-state index is -0.410. The topological polar surface area (TPSA) is 44.1 Å². The van der Waals surface area contributed by atoms with E-state index >= 15 is 0 Å². The Morgan fingerprint density at radius 3 is 2.93 bits per heavy atom. The molecule has 0 aromatic heterocycles. The lowest BCUT2D eigenvalue weighted by molar-refractivity contribution is -0.130. The number of benzene rings is 1. The molecule has 76 valence electrons. The van der Waals surface area contributed by atoms with Crippen LogP contribution in [0, 0.1) is 11.3 Å². The predicted molar refractivity (Wildman–Crippen MR) is 55.9 cm³/mol. The largest absolute Gasteiger partial charge is 0.323 e. The monoisotopic (exact) mass is 200 g/mol. The molecule has 3 heteroatoms. The predicted octanol–water partition coefficient (Wildman–Crippen LogP) is 1.66. The summed E-state index contributed by atoms with van der Waals surface area (Å²) in [4.78, 5) is 13.0. The van der Waals surface area contributed by atoms with Crippen LogP contribution in [0.1, 0.15) is 24.1 Å². The Morgan fingerprint density at radius 1 is 1.53 bits per heavy atom. The summed E-state index contributed by atoms with van der Waals surface area (Å²) in [6.45, 7) is 2.16. The Labute approximate surface area is 88.9 Å². The maximum absolute atomic E-state index is 11.4. The van der Waals surface area contributed by atoms with Crippen molar-refractivity contribution in [2.45, 2.75) is 19.4 Å². The molecule has 1 aliphatic heterocycles. The van der Waals surface area contributed by atoms with Crippen molar-refractivity contribution in [2.75, 3.05) is 6.54 Å². The van der Waals surface area contributed by atoms with Gasteiger partial charge in [0.25, 0.3) is 0 Å². The molecular weight excluding hydrogens is 188 g/mol. The smallest absolute Gasteiger partial charge is 0.220 e. The van der Waals surface area contributed by atoms with Crippen LogP contribution < -0.4 is 0 Å². The van der Waals surface area contributed by atoms with Gasteiger partial charge in [-0.05, 0) is 17.5 Å². The lowest BCUT2D eigenvalue weighted by Gasteiger charge is -2.32. The summed E-state index contributed by atoms with van der Waals surface area (Å²) >= 11 is 0. The second kappa shape index (κ2) is 3.74. The highest BCUT2D eigenvalue weighted by molar-refractivity contribution is 5.74. The van der Waals surface area contributed by atoms with Gasteiger partial charge in [0.1, 0.15) is 6.04 Å². The molecule has 1 heterocycles. The van der Waals surface area contributed by atoms with E-state index in [0.717, 1.165) is 12.0 Å². The summed E-state index contributed by atoms with van der Waals surface area (Å²) in [7, 11) is 0. The quantitative estimate of drug-likeness (QED) is 0.639. The molecule has 1 amide bonds. The van der Waals surface area contributed by atoms with Crippen molar-refractivity contribution >= 4 is 5.91 Å². The van der Waals surface area contributed by atoms with Crippen LogP contribution in [-0.4, -0.2) is 17.4 Å².